The normalized spacial score (nSPS) is 21.0. The van der Waals surface area contributed by atoms with Gasteiger partial charge in [-0.2, -0.15) is 4.31 Å². The topological polar surface area (TPSA) is 111 Å². The van der Waals surface area contributed by atoms with Gasteiger partial charge in [0.1, 0.15) is 16.3 Å². The molecule has 31 heavy (non-hydrogen) atoms. The largest absolute Gasteiger partial charge is 0.376 e. The number of piperidine rings is 1. The number of hydrogen-bond acceptors (Lipinski definition) is 7. The monoisotopic (exact) mass is 468 g/mol. The fourth-order valence-electron chi connectivity index (χ4n) is 4.13. The molecule has 0 bridgehead atoms. The Bertz CT molecular complexity index is 1130. The number of carbonyl (C=O) groups excluding carboxylic acids is 1. The van der Waals surface area contributed by atoms with Gasteiger partial charge in [0.15, 0.2) is 0 Å². The van der Waals surface area contributed by atoms with Gasteiger partial charge in [0.2, 0.25) is 15.9 Å². The number of aromatic nitrogens is 2. The number of hydrogen-bond donors (Lipinski definition) is 1. The van der Waals surface area contributed by atoms with Crippen LogP contribution in [0, 0.1) is 12.8 Å². The van der Waals surface area contributed by atoms with Crippen LogP contribution in [-0.2, 0) is 26.1 Å². The van der Waals surface area contributed by atoms with Crippen molar-refractivity contribution >= 4 is 37.5 Å². The smallest absolute Gasteiger partial charge is 0.263 e. The second kappa shape index (κ2) is 8.97. The van der Waals surface area contributed by atoms with Gasteiger partial charge < -0.3 is 10.1 Å². The predicted molar refractivity (Wildman–Crippen MR) is 118 cm³/mol. The highest BCUT2D eigenvalue weighted by atomic mass is 32.2. The first-order chi connectivity index (χ1) is 14.8. The molecule has 2 saturated heterocycles. The average Bonchev–Trinajstić information content (AvgIpc) is 3.36. The summed E-state index contributed by atoms with van der Waals surface area (Å²) in [6.07, 6.45) is 4.79. The van der Waals surface area contributed by atoms with E-state index in [0.717, 1.165) is 25.7 Å². The average molecular weight is 469 g/mol. The molecule has 170 valence electrons. The van der Waals surface area contributed by atoms with Crippen LogP contribution < -0.4 is 10.9 Å². The van der Waals surface area contributed by atoms with Crippen molar-refractivity contribution in [3.05, 3.63) is 21.6 Å². The molecule has 2 aliphatic rings. The van der Waals surface area contributed by atoms with Crippen molar-refractivity contribution in [2.75, 3.05) is 26.2 Å². The zero-order valence-electron chi connectivity index (χ0n) is 17.8. The molecule has 2 aromatic heterocycles. The third-order valence-electron chi connectivity index (χ3n) is 6.00. The van der Waals surface area contributed by atoms with E-state index >= 15 is 0 Å². The van der Waals surface area contributed by atoms with Crippen LogP contribution in [0.15, 0.2) is 16.0 Å². The van der Waals surface area contributed by atoms with E-state index in [1.807, 2.05) is 0 Å². The number of nitrogens with one attached hydrogen (secondary N) is 1. The van der Waals surface area contributed by atoms with Gasteiger partial charge in [0, 0.05) is 31.1 Å². The highest BCUT2D eigenvalue weighted by Crippen LogP contribution is 2.34. The third kappa shape index (κ3) is 4.55. The molecule has 2 fully saturated rings. The molecule has 9 nitrogen and oxygen atoms in total. The number of ether oxygens (including phenoxy) is 1. The molecule has 0 radical (unpaired) electrons. The Kier molecular flexibility index (Phi) is 6.47. The number of sulfonamides is 1. The summed E-state index contributed by atoms with van der Waals surface area (Å²) in [6, 6.07) is 0. The standard InChI is InChI=1S/C20H28N4O5S2/c1-13-5-7-24(8-6-13)31(27,28)18-14(2)30-19-17(18)20(26)23(12-22-19)11-16(25)21-10-15-4-3-9-29-15/h12-13,15H,3-11H2,1-2H3,(H,21,25)/t15-/m0/s1. The van der Waals surface area contributed by atoms with Gasteiger partial charge in [-0.25, -0.2) is 13.4 Å². The fourth-order valence-corrected chi connectivity index (χ4v) is 7.27. The van der Waals surface area contributed by atoms with Crippen molar-refractivity contribution in [2.45, 2.75) is 57.1 Å². The zero-order valence-corrected chi connectivity index (χ0v) is 19.4. The maximum atomic E-state index is 13.4. The molecular weight excluding hydrogens is 440 g/mol. The van der Waals surface area contributed by atoms with Crippen LogP contribution in [0.1, 0.15) is 37.5 Å². The minimum absolute atomic E-state index is 0.00445. The van der Waals surface area contributed by atoms with Crippen molar-refractivity contribution < 1.29 is 17.9 Å². The lowest BCUT2D eigenvalue weighted by atomic mass is 10.0. The fraction of sp³-hybridized carbons (Fsp3) is 0.650. The molecule has 0 spiro atoms. The summed E-state index contributed by atoms with van der Waals surface area (Å²) in [6.45, 7) is 5.58. The number of nitrogens with zero attached hydrogens (tertiary/aromatic N) is 3. The Morgan fingerprint density at radius 1 is 1.32 bits per heavy atom. The predicted octanol–water partition coefficient (Wildman–Crippen LogP) is 1.48. The Labute approximate surface area is 185 Å². The van der Waals surface area contributed by atoms with E-state index in [-0.39, 0.29) is 28.8 Å². The minimum atomic E-state index is -3.82. The molecule has 0 aliphatic carbocycles. The maximum Gasteiger partial charge on any atom is 0.263 e. The first-order valence-electron chi connectivity index (χ1n) is 10.6. The molecular formula is C20H28N4O5S2. The second-order valence-electron chi connectivity index (χ2n) is 8.37. The van der Waals surface area contributed by atoms with Crippen molar-refractivity contribution in [1.29, 1.82) is 0 Å². The highest BCUT2D eigenvalue weighted by Gasteiger charge is 2.33. The molecule has 2 aliphatic heterocycles. The van der Waals surface area contributed by atoms with Gasteiger partial charge in [0.05, 0.1) is 17.8 Å². The van der Waals surface area contributed by atoms with Gasteiger partial charge >= 0.3 is 0 Å². The molecule has 0 saturated carbocycles. The molecule has 0 aromatic carbocycles. The number of aryl methyl sites for hydroxylation is 1. The quantitative estimate of drug-likeness (QED) is 0.688. The summed E-state index contributed by atoms with van der Waals surface area (Å²) in [5, 5.41) is 2.86. The van der Waals surface area contributed by atoms with E-state index in [2.05, 4.69) is 17.2 Å². The van der Waals surface area contributed by atoms with Crippen LogP contribution in [0.3, 0.4) is 0 Å². The van der Waals surface area contributed by atoms with Crippen LogP contribution in [0.2, 0.25) is 0 Å². The number of amides is 1. The maximum absolute atomic E-state index is 13.4. The van der Waals surface area contributed by atoms with Crippen LogP contribution in [0.4, 0.5) is 0 Å². The number of thiophene rings is 1. The summed E-state index contributed by atoms with van der Waals surface area (Å²) in [5.41, 5.74) is -0.509. The van der Waals surface area contributed by atoms with Crippen molar-refractivity contribution in [3.63, 3.8) is 0 Å². The minimum Gasteiger partial charge on any atom is -0.376 e. The molecule has 2 aromatic rings. The van der Waals surface area contributed by atoms with Gasteiger partial charge in [-0.1, -0.05) is 6.92 Å². The number of carbonyl (C=O) groups is 1. The summed E-state index contributed by atoms with van der Waals surface area (Å²) in [7, 11) is -3.82. The van der Waals surface area contributed by atoms with E-state index in [1.54, 1.807) is 6.92 Å². The molecule has 0 unspecified atom stereocenters. The summed E-state index contributed by atoms with van der Waals surface area (Å²) in [5.74, 6) is 0.152. The lowest BCUT2D eigenvalue weighted by Crippen LogP contribution is -2.39. The van der Waals surface area contributed by atoms with Gasteiger partial charge in [0.25, 0.3) is 5.56 Å². The number of fused-ring (bicyclic) bond motifs is 1. The van der Waals surface area contributed by atoms with Crippen LogP contribution >= 0.6 is 11.3 Å². The molecule has 4 rings (SSSR count). The first-order valence-corrected chi connectivity index (χ1v) is 12.9. The lowest BCUT2D eigenvalue weighted by Gasteiger charge is -2.29. The van der Waals surface area contributed by atoms with Crippen molar-refractivity contribution in [2.24, 2.45) is 5.92 Å². The Balaban J connectivity index is 1.61. The van der Waals surface area contributed by atoms with Gasteiger partial charge in [-0.05, 0) is 38.5 Å². The zero-order chi connectivity index (χ0) is 22.2. The van der Waals surface area contributed by atoms with Crippen molar-refractivity contribution in [1.82, 2.24) is 19.2 Å². The highest BCUT2D eigenvalue weighted by molar-refractivity contribution is 7.89. The Morgan fingerprint density at radius 2 is 2.06 bits per heavy atom. The van der Waals surface area contributed by atoms with E-state index in [0.29, 0.717) is 41.9 Å². The van der Waals surface area contributed by atoms with Gasteiger partial charge in [-0.3, -0.25) is 14.2 Å². The molecule has 1 amide bonds. The molecule has 1 N–H and O–H groups in total. The molecule has 4 heterocycles. The first kappa shape index (κ1) is 22.4. The number of rotatable bonds is 6. The Hall–Kier alpha value is -1.82. The van der Waals surface area contributed by atoms with Crippen LogP contribution in [0.25, 0.3) is 10.2 Å². The van der Waals surface area contributed by atoms with E-state index in [1.165, 1.54) is 26.5 Å². The van der Waals surface area contributed by atoms with Gasteiger partial charge in [-0.15, -0.1) is 11.3 Å². The SMILES string of the molecule is Cc1sc2ncn(CC(=O)NC[C@@H]3CCCO3)c(=O)c2c1S(=O)(=O)N1CCC(C)CC1. The second-order valence-corrected chi connectivity index (χ2v) is 11.4. The summed E-state index contributed by atoms with van der Waals surface area (Å²) >= 11 is 1.19. The van der Waals surface area contributed by atoms with E-state index in [4.69, 9.17) is 4.74 Å². The Morgan fingerprint density at radius 3 is 2.74 bits per heavy atom. The summed E-state index contributed by atoms with van der Waals surface area (Å²) in [4.78, 5) is 30.8. The van der Waals surface area contributed by atoms with Crippen molar-refractivity contribution in [3.8, 4) is 0 Å². The van der Waals surface area contributed by atoms with Crippen LogP contribution in [0.5, 0.6) is 0 Å². The third-order valence-corrected chi connectivity index (χ3v) is 9.22. The van der Waals surface area contributed by atoms with E-state index in [9.17, 15) is 18.0 Å². The lowest BCUT2D eigenvalue weighted by molar-refractivity contribution is -0.122. The molecule has 11 heteroatoms. The molecule has 1 atom stereocenters. The van der Waals surface area contributed by atoms with Crippen LogP contribution in [-0.4, -0.2) is 60.5 Å². The van der Waals surface area contributed by atoms with E-state index < -0.39 is 15.6 Å². The summed E-state index contributed by atoms with van der Waals surface area (Å²) < 4.78 is 34.9.